The van der Waals surface area contributed by atoms with E-state index in [4.69, 9.17) is 0 Å². The molecule has 3 heterocycles. The first-order valence-corrected chi connectivity index (χ1v) is 28.3. The van der Waals surface area contributed by atoms with Crippen molar-refractivity contribution < 1.29 is 0 Å². The number of hydrogen-bond acceptors (Lipinski definition) is 3. The molecule has 3 nitrogen and oxygen atoms in total. The molecule has 2 unspecified atom stereocenters. The molecule has 2 atom stereocenters. The fourth-order valence-electron chi connectivity index (χ4n) is 14.2. The molecule has 0 bridgehead atoms. The number of nitrogens with zero attached hydrogens (tertiary/aromatic N) is 3. The molecular weight excluding hydrogens is 930 g/mol. The Labute approximate surface area is 459 Å². The van der Waals surface area contributed by atoms with E-state index in [0.29, 0.717) is 0 Å². The number of anilines is 8. The Morgan fingerprint density at radius 1 is 0.377 bits per heavy atom. The van der Waals surface area contributed by atoms with Crippen molar-refractivity contribution in [2.24, 2.45) is 0 Å². The molecule has 382 valence electrons. The summed E-state index contributed by atoms with van der Waals surface area (Å²) >= 11 is 0. The second-order valence-corrected chi connectivity index (χ2v) is 25.9. The van der Waals surface area contributed by atoms with E-state index in [9.17, 15) is 0 Å². The van der Waals surface area contributed by atoms with E-state index in [0.717, 1.165) is 18.5 Å². The first-order valence-electron chi connectivity index (χ1n) is 28.3. The molecule has 0 N–H and O–H groups in total. The highest BCUT2D eigenvalue weighted by Crippen LogP contribution is 2.64. The van der Waals surface area contributed by atoms with Crippen LogP contribution in [0.4, 0.5) is 45.5 Å². The van der Waals surface area contributed by atoms with Crippen LogP contribution in [0.2, 0.25) is 0 Å². The van der Waals surface area contributed by atoms with Crippen molar-refractivity contribution in [1.29, 1.82) is 0 Å². The lowest BCUT2D eigenvalue weighted by atomic mass is 9.33. The first-order chi connectivity index (χ1) is 36.9. The summed E-state index contributed by atoms with van der Waals surface area (Å²) in [7, 11) is 0. The zero-order chi connectivity index (χ0) is 53.2. The summed E-state index contributed by atoms with van der Waals surface area (Å²) < 4.78 is 0. The summed E-state index contributed by atoms with van der Waals surface area (Å²) in [5, 5.41) is 0. The van der Waals surface area contributed by atoms with Crippen LogP contribution in [0.15, 0.2) is 206 Å². The molecule has 9 aromatic rings. The topological polar surface area (TPSA) is 9.72 Å². The Morgan fingerprint density at radius 2 is 0.922 bits per heavy atom. The lowest BCUT2D eigenvalue weighted by Gasteiger charge is -2.53. The Kier molecular flexibility index (Phi) is 11.3. The van der Waals surface area contributed by atoms with E-state index in [1.54, 1.807) is 0 Å². The van der Waals surface area contributed by atoms with Crippen molar-refractivity contribution in [2.45, 2.75) is 122 Å². The van der Waals surface area contributed by atoms with Gasteiger partial charge in [0.25, 0.3) is 6.71 Å². The van der Waals surface area contributed by atoms with Crippen molar-refractivity contribution in [3.63, 3.8) is 0 Å². The van der Waals surface area contributed by atoms with Gasteiger partial charge in [0.15, 0.2) is 0 Å². The Bertz CT molecular complexity index is 3730. The van der Waals surface area contributed by atoms with E-state index >= 15 is 0 Å². The van der Waals surface area contributed by atoms with Gasteiger partial charge in [0.1, 0.15) is 0 Å². The second kappa shape index (κ2) is 17.7. The van der Waals surface area contributed by atoms with Gasteiger partial charge in [-0.15, -0.1) is 0 Å². The third kappa shape index (κ3) is 7.75. The van der Waals surface area contributed by atoms with Crippen molar-refractivity contribution in [1.82, 2.24) is 0 Å². The van der Waals surface area contributed by atoms with Crippen molar-refractivity contribution in [2.75, 3.05) is 14.7 Å². The maximum absolute atomic E-state index is 2.82. The van der Waals surface area contributed by atoms with Crippen LogP contribution in [0.3, 0.4) is 0 Å². The van der Waals surface area contributed by atoms with Gasteiger partial charge in [-0.2, -0.15) is 0 Å². The minimum Gasteiger partial charge on any atom is -0.334 e. The molecule has 4 aliphatic rings. The fourth-order valence-corrected chi connectivity index (χ4v) is 14.2. The second-order valence-electron chi connectivity index (χ2n) is 25.9. The minimum absolute atomic E-state index is 0.0133. The maximum atomic E-state index is 2.82. The normalized spacial score (nSPS) is 18.6. The summed E-state index contributed by atoms with van der Waals surface area (Å²) in [4.78, 5) is 8.08. The summed E-state index contributed by atoms with van der Waals surface area (Å²) in [5.41, 5.74) is 25.0. The highest BCUT2D eigenvalue weighted by atomic mass is 15.3. The number of fused-ring (bicyclic) bond motifs is 7. The standard InChI is InChI=1S/C73H72BN3/c1-69(2,3)53-31-33-55(34-32-53)73-43-20-19-42-72(73,10)77(63-29-18-17-28-60(63)73)59-47-66-68-67(48-59)76(58-27-21-26-51(44-58)49-22-13-11-14-23-49)65-45-52(50-24-15-12-16-25-50)30-40-61(65)74(68)62-46-56(71(7,8)9)37-41-64(62)75(66)57-38-35-54(36-39-57)70(4,5)6/h11-18,21-41,44-48H,19-20,42-43H2,1-10H3. The third-order valence-electron chi connectivity index (χ3n) is 18.2. The number of benzene rings is 9. The van der Waals surface area contributed by atoms with Gasteiger partial charge in [-0.05, 0) is 157 Å². The van der Waals surface area contributed by atoms with Crippen LogP contribution in [0, 0.1) is 0 Å². The van der Waals surface area contributed by atoms with Gasteiger partial charge in [-0.1, -0.05) is 227 Å². The quantitative estimate of drug-likeness (QED) is 0.154. The van der Waals surface area contributed by atoms with E-state index in [2.05, 4.69) is 290 Å². The molecule has 0 radical (unpaired) electrons. The SMILES string of the molecule is CC(C)(C)c1ccc(N2c3ccc(C(C)(C)C)cc3B3c4ccc(-c5ccccc5)cc4N(c4cccc(-c5ccccc5)c4)c4cc(N5c6ccccc6C6(c7ccc(C(C)(C)C)cc7)CCCCC56C)cc2c43)cc1. The predicted molar refractivity (Wildman–Crippen MR) is 330 cm³/mol. The molecule has 0 spiro atoms. The highest BCUT2D eigenvalue weighted by molar-refractivity contribution is 7.00. The van der Waals surface area contributed by atoms with Crippen LogP contribution in [0.1, 0.15) is 123 Å². The van der Waals surface area contributed by atoms with Crippen LogP contribution in [0.25, 0.3) is 22.3 Å². The van der Waals surface area contributed by atoms with E-state index in [1.165, 1.54) is 119 Å². The first kappa shape index (κ1) is 49.0. The third-order valence-corrected chi connectivity index (χ3v) is 18.2. The maximum Gasteiger partial charge on any atom is 0.252 e. The average Bonchev–Trinajstić information content (AvgIpc) is 3.77. The Morgan fingerprint density at radius 3 is 1.56 bits per heavy atom. The molecule has 3 aliphatic heterocycles. The van der Waals surface area contributed by atoms with Crippen molar-refractivity contribution in [3.8, 4) is 22.3 Å². The number of hydrogen-bond donors (Lipinski definition) is 0. The van der Waals surface area contributed by atoms with Crippen molar-refractivity contribution >= 4 is 68.6 Å². The molecule has 0 saturated heterocycles. The summed E-state index contributed by atoms with van der Waals surface area (Å²) in [6.45, 7) is 23.6. The van der Waals surface area contributed by atoms with E-state index in [-0.39, 0.29) is 33.9 Å². The Balaban J connectivity index is 1.14. The molecule has 0 aromatic heterocycles. The zero-order valence-electron chi connectivity index (χ0n) is 46.9. The molecule has 1 saturated carbocycles. The van der Waals surface area contributed by atoms with Crippen molar-refractivity contribution in [3.05, 3.63) is 234 Å². The molecular formula is C73H72BN3. The smallest absolute Gasteiger partial charge is 0.252 e. The van der Waals surface area contributed by atoms with E-state index < -0.39 is 0 Å². The summed E-state index contributed by atoms with van der Waals surface area (Å²) in [5.74, 6) is 0. The molecule has 13 rings (SSSR count). The lowest BCUT2D eigenvalue weighted by Crippen LogP contribution is -2.62. The van der Waals surface area contributed by atoms with Crippen LogP contribution in [0.5, 0.6) is 0 Å². The van der Waals surface area contributed by atoms with Crippen LogP contribution in [-0.4, -0.2) is 12.3 Å². The van der Waals surface area contributed by atoms with E-state index in [1.807, 2.05) is 0 Å². The number of rotatable bonds is 6. The van der Waals surface area contributed by atoms with Gasteiger partial charge in [0.05, 0.1) is 5.54 Å². The molecule has 9 aromatic carbocycles. The molecule has 1 fully saturated rings. The lowest BCUT2D eigenvalue weighted by molar-refractivity contribution is 0.215. The summed E-state index contributed by atoms with van der Waals surface area (Å²) in [6, 6.07) is 79.8. The minimum atomic E-state index is -0.281. The molecule has 0 amide bonds. The Hall–Kier alpha value is -7.56. The zero-order valence-corrected chi connectivity index (χ0v) is 46.9. The largest absolute Gasteiger partial charge is 0.334 e. The monoisotopic (exact) mass is 1000 g/mol. The van der Waals surface area contributed by atoms with Crippen LogP contribution >= 0.6 is 0 Å². The van der Waals surface area contributed by atoms with Gasteiger partial charge in [0, 0.05) is 50.9 Å². The van der Waals surface area contributed by atoms with Gasteiger partial charge in [0.2, 0.25) is 0 Å². The van der Waals surface area contributed by atoms with Gasteiger partial charge in [-0.3, -0.25) is 0 Å². The average molecular weight is 1000 g/mol. The fraction of sp³-hybridized carbons (Fsp3) is 0.260. The van der Waals surface area contributed by atoms with Gasteiger partial charge >= 0.3 is 0 Å². The van der Waals surface area contributed by atoms with Gasteiger partial charge < -0.3 is 14.7 Å². The van der Waals surface area contributed by atoms with Crippen LogP contribution < -0.4 is 31.1 Å². The number of para-hydroxylation sites is 1. The van der Waals surface area contributed by atoms with Crippen LogP contribution in [-0.2, 0) is 21.7 Å². The summed E-state index contributed by atoms with van der Waals surface area (Å²) in [6.07, 6.45) is 4.52. The highest BCUT2D eigenvalue weighted by Gasteiger charge is 2.61. The van der Waals surface area contributed by atoms with Gasteiger partial charge in [-0.25, -0.2) is 0 Å². The molecule has 4 heteroatoms. The molecule has 77 heavy (non-hydrogen) atoms. The molecule has 1 aliphatic carbocycles. The predicted octanol–water partition coefficient (Wildman–Crippen LogP) is 17.8.